The van der Waals surface area contributed by atoms with Crippen LogP contribution in [0.25, 0.3) is 0 Å². The molecule has 124 valence electrons. The van der Waals surface area contributed by atoms with Crippen molar-refractivity contribution in [1.82, 2.24) is 15.2 Å². The van der Waals surface area contributed by atoms with Crippen LogP contribution in [0.2, 0.25) is 5.02 Å². The normalized spacial score (nSPS) is 15.9. The topological polar surface area (TPSA) is 51.1 Å². The monoisotopic (exact) mass is 382 g/mol. The highest BCUT2D eigenvalue weighted by atomic mass is 35.5. The van der Waals surface area contributed by atoms with Gasteiger partial charge in [0.15, 0.2) is 4.34 Å². The van der Waals surface area contributed by atoms with Crippen LogP contribution in [0.1, 0.15) is 5.56 Å². The van der Waals surface area contributed by atoms with Gasteiger partial charge in [-0.25, -0.2) is 4.98 Å². The lowest BCUT2D eigenvalue weighted by atomic mass is 10.3. The van der Waals surface area contributed by atoms with Crippen molar-refractivity contribution in [1.29, 1.82) is 0 Å². The molecule has 0 radical (unpaired) electrons. The highest BCUT2D eigenvalue weighted by molar-refractivity contribution is 8.01. The van der Waals surface area contributed by atoms with Crippen molar-refractivity contribution in [2.45, 2.75) is 15.5 Å². The number of rotatable bonds is 3. The molecule has 1 saturated heterocycles. The molecule has 3 rings (SSSR count). The van der Waals surface area contributed by atoms with E-state index >= 15 is 0 Å². The Hall–Kier alpha value is -1.10. The van der Waals surface area contributed by atoms with Crippen molar-refractivity contribution in [3.05, 3.63) is 22.8 Å². The minimum absolute atomic E-state index is 0.0621. The summed E-state index contributed by atoms with van der Waals surface area (Å²) in [4.78, 5) is 5.83. The molecule has 0 unspecified atom stereocenters. The van der Waals surface area contributed by atoms with Gasteiger partial charge in [0.25, 0.3) is 0 Å². The van der Waals surface area contributed by atoms with Crippen LogP contribution in [0.5, 0.6) is 0 Å². The van der Waals surface area contributed by atoms with E-state index in [0.717, 1.165) is 42.2 Å². The van der Waals surface area contributed by atoms with Gasteiger partial charge in [-0.15, -0.1) is 10.2 Å². The Balaban J connectivity index is 1.73. The molecule has 0 amide bonds. The third-order valence-electron chi connectivity index (χ3n) is 3.00. The first-order chi connectivity index (χ1) is 10.9. The minimum atomic E-state index is -4.47. The summed E-state index contributed by atoms with van der Waals surface area (Å²) in [7, 11) is 0. The van der Waals surface area contributed by atoms with E-state index in [1.165, 1.54) is 11.3 Å². The van der Waals surface area contributed by atoms with Crippen molar-refractivity contribution >= 4 is 39.8 Å². The van der Waals surface area contributed by atoms with Gasteiger partial charge in [0.05, 0.1) is 23.8 Å². The van der Waals surface area contributed by atoms with Gasteiger partial charge in [-0.2, -0.15) is 13.2 Å². The van der Waals surface area contributed by atoms with E-state index in [4.69, 9.17) is 16.3 Å². The quantitative estimate of drug-likeness (QED) is 0.808. The zero-order valence-corrected chi connectivity index (χ0v) is 13.9. The van der Waals surface area contributed by atoms with Gasteiger partial charge in [0.2, 0.25) is 5.13 Å². The summed E-state index contributed by atoms with van der Waals surface area (Å²) >= 11 is 8.32. The number of alkyl halides is 3. The molecule has 11 heteroatoms. The van der Waals surface area contributed by atoms with Gasteiger partial charge >= 0.3 is 6.18 Å². The molecule has 1 aliphatic heterocycles. The molecule has 2 aromatic heterocycles. The molecule has 1 fully saturated rings. The molecule has 0 N–H and O–H groups in total. The van der Waals surface area contributed by atoms with Crippen LogP contribution in [0.3, 0.4) is 0 Å². The molecule has 0 spiro atoms. The van der Waals surface area contributed by atoms with E-state index in [9.17, 15) is 13.2 Å². The molecule has 3 heterocycles. The zero-order valence-electron chi connectivity index (χ0n) is 11.5. The summed E-state index contributed by atoms with van der Waals surface area (Å²) in [5.74, 6) is 0. The second-order valence-electron chi connectivity index (χ2n) is 4.56. The maximum atomic E-state index is 12.6. The maximum absolute atomic E-state index is 12.6. The lowest BCUT2D eigenvalue weighted by Gasteiger charge is -2.25. The van der Waals surface area contributed by atoms with E-state index < -0.39 is 11.7 Å². The van der Waals surface area contributed by atoms with Gasteiger partial charge in [-0.3, -0.25) is 0 Å². The second kappa shape index (κ2) is 6.80. The Labute approximate surface area is 142 Å². The van der Waals surface area contributed by atoms with Gasteiger partial charge in [-0.05, 0) is 17.8 Å². The van der Waals surface area contributed by atoms with Gasteiger partial charge in [0, 0.05) is 19.3 Å². The van der Waals surface area contributed by atoms with Gasteiger partial charge in [0.1, 0.15) is 5.03 Å². The molecule has 23 heavy (non-hydrogen) atoms. The predicted molar refractivity (Wildman–Crippen MR) is 81.3 cm³/mol. The molecule has 2 aromatic rings. The fourth-order valence-electron chi connectivity index (χ4n) is 1.86. The average Bonchev–Trinajstić information content (AvgIpc) is 2.98. The molecule has 0 aliphatic carbocycles. The number of hydrogen-bond donors (Lipinski definition) is 0. The number of pyridine rings is 1. The highest BCUT2D eigenvalue weighted by Crippen LogP contribution is 2.38. The number of halogens is 4. The van der Waals surface area contributed by atoms with Crippen molar-refractivity contribution < 1.29 is 17.9 Å². The predicted octanol–water partition coefficient (Wildman–Crippen LogP) is 3.59. The fourth-order valence-corrected chi connectivity index (χ4v) is 3.91. The number of aromatic nitrogens is 3. The molecule has 0 saturated carbocycles. The summed E-state index contributed by atoms with van der Waals surface area (Å²) in [6.45, 7) is 2.74. The minimum Gasteiger partial charge on any atom is -0.378 e. The fraction of sp³-hybridized carbons (Fsp3) is 0.417. The number of morpholine rings is 1. The van der Waals surface area contributed by atoms with Crippen LogP contribution in [0.15, 0.2) is 21.6 Å². The first kappa shape index (κ1) is 16.7. The maximum Gasteiger partial charge on any atom is 0.417 e. The van der Waals surface area contributed by atoms with Gasteiger partial charge < -0.3 is 9.64 Å². The number of anilines is 1. The Kier molecular flexibility index (Phi) is 4.95. The molecule has 0 atom stereocenters. The van der Waals surface area contributed by atoms with Crippen molar-refractivity contribution in [3.8, 4) is 0 Å². The van der Waals surface area contributed by atoms with Crippen molar-refractivity contribution in [2.24, 2.45) is 0 Å². The Morgan fingerprint density at radius 2 is 2.00 bits per heavy atom. The lowest BCUT2D eigenvalue weighted by molar-refractivity contribution is -0.137. The molecule has 0 bridgehead atoms. The van der Waals surface area contributed by atoms with Gasteiger partial charge in [-0.1, -0.05) is 22.9 Å². The second-order valence-corrected chi connectivity index (χ2v) is 7.16. The summed E-state index contributed by atoms with van der Waals surface area (Å²) in [6.07, 6.45) is -3.70. The van der Waals surface area contributed by atoms with Crippen LogP contribution in [0.4, 0.5) is 18.3 Å². The van der Waals surface area contributed by atoms with E-state index in [0.29, 0.717) is 17.6 Å². The van der Waals surface area contributed by atoms with E-state index in [1.54, 1.807) is 0 Å². The van der Waals surface area contributed by atoms with E-state index in [-0.39, 0.29) is 10.0 Å². The lowest BCUT2D eigenvalue weighted by Crippen LogP contribution is -2.36. The first-order valence-corrected chi connectivity index (χ1v) is 8.51. The SMILES string of the molecule is FC(F)(F)c1cnc(Sc2nnc(N3CCOCC3)s2)c(Cl)c1. The summed E-state index contributed by atoms with van der Waals surface area (Å²) in [5, 5.41) is 9.07. The zero-order chi connectivity index (χ0) is 16.4. The molecule has 0 aromatic carbocycles. The van der Waals surface area contributed by atoms with E-state index in [2.05, 4.69) is 15.2 Å². The Bertz CT molecular complexity index is 691. The standard InChI is InChI=1S/C12H10ClF3N4OS2/c13-8-5-7(12(14,15)16)6-17-9(8)22-11-19-18-10(23-11)20-1-3-21-4-2-20/h5-6H,1-4H2. The van der Waals surface area contributed by atoms with Crippen LogP contribution in [-0.2, 0) is 10.9 Å². The average molecular weight is 383 g/mol. The smallest absolute Gasteiger partial charge is 0.378 e. The molecule has 5 nitrogen and oxygen atoms in total. The molecular weight excluding hydrogens is 373 g/mol. The molecular formula is C12H10ClF3N4OS2. The van der Waals surface area contributed by atoms with Crippen molar-refractivity contribution in [2.75, 3.05) is 31.2 Å². The van der Waals surface area contributed by atoms with Crippen LogP contribution in [0, 0.1) is 0 Å². The van der Waals surface area contributed by atoms with Crippen LogP contribution < -0.4 is 4.90 Å². The van der Waals surface area contributed by atoms with Crippen LogP contribution in [-0.4, -0.2) is 41.5 Å². The third kappa shape index (κ3) is 4.06. The molecule has 1 aliphatic rings. The van der Waals surface area contributed by atoms with Crippen LogP contribution >= 0.6 is 34.7 Å². The first-order valence-electron chi connectivity index (χ1n) is 6.50. The number of hydrogen-bond acceptors (Lipinski definition) is 7. The number of ether oxygens (including phenoxy) is 1. The number of nitrogens with zero attached hydrogens (tertiary/aromatic N) is 4. The summed E-state index contributed by atoms with van der Waals surface area (Å²) in [6, 6.07) is 0.862. The Morgan fingerprint density at radius 1 is 1.26 bits per heavy atom. The summed E-state index contributed by atoms with van der Waals surface area (Å²) in [5.41, 5.74) is -0.877. The van der Waals surface area contributed by atoms with Crippen molar-refractivity contribution in [3.63, 3.8) is 0 Å². The Morgan fingerprint density at radius 3 is 2.65 bits per heavy atom. The largest absolute Gasteiger partial charge is 0.417 e. The summed E-state index contributed by atoms with van der Waals surface area (Å²) < 4.78 is 43.6. The van der Waals surface area contributed by atoms with E-state index in [1.807, 2.05) is 4.90 Å². The highest BCUT2D eigenvalue weighted by Gasteiger charge is 2.31. The third-order valence-corrected chi connectivity index (χ3v) is 5.45.